The van der Waals surface area contributed by atoms with E-state index in [1.54, 1.807) is 0 Å². The van der Waals surface area contributed by atoms with Crippen LogP contribution in [-0.2, 0) is 0 Å². The average Bonchev–Trinajstić information content (AvgIpc) is 2.39. The first-order chi connectivity index (χ1) is 9.10. The van der Waals surface area contributed by atoms with Gasteiger partial charge in [0.25, 0.3) is 0 Å². The molecule has 2 atom stereocenters. The molecule has 1 fully saturated rings. The molecule has 0 amide bonds. The SMILES string of the molecule is CN1CCN(C)C(CC(NN)c2cccc(Cl)c2)C1. The van der Waals surface area contributed by atoms with Crippen LogP contribution < -0.4 is 11.3 Å². The molecule has 1 aliphatic rings. The molecule has 0 aliphatic carbocycles. The van der Waals surface area contributed by atoms with E-state index in [1.165, 1.54) is 0 Å². The van der Waals surface area contributed by atoms with Crippen LogP contribution in [0.5, 0.6) is 0 Å². The maximum Gasteiger partial charge on any atom is 0.0475 e. The Balaban J connectivity index is 2.06. The highest BCUT2D eigenvalue weighted by molar-refractivity contribution is 6.30. The first-order valence-corrected chi connectivity index (χ1v) is 7.08. The maximum absolute atomic E-state index is 6.05. The zero-order valence-corrected chi connectivity index (χ0v) is 12.4. The summed E-state index contributed by atoms with van der Waals surface area (Å²) in [6.45, 7) is 3.31. The molecule has 1 aromatic rings. The number of rotatable bonds is 4. The van der Waals surface area contributed by atoms with Gasteiger partial charge in [-0.15, -0.1) is 0 Å². The third kappa shape index (κ3) is 3.91. The Kier molecular flexibility index (Phi) is 5.19. The van der Waals surface area contributed by atoms with Gasteiger partial charge >= 0.3 is 0 Å². The van der Waals surface area contributed by atoms with Gasteiger partial charge in [0.15, 0.2) is 0 Å². The highest BCUT2D eigenvalue weighted by atomic mass is 35.5. The largest absolute Gasteiger partial charge is 0.304 e. The lowest BCUT2D eigenvalue weighted by Gasteiger charge is -2.39. The van der Waals surface area contributed by atoms with Gasteiger partial charge < -0.3 is 9.80 Å². The average molecular weight is 283 g/mol. The van der Waals surface area contributed by atoms with E-state index in [0.717, 1.165) is 36.6 Å². The van der Waals surface area contributed by atoms with E-state index in [9.17, 15) is 0 Å². The number of nitrogens with two attached hydrogens (primary N) is 1. The van der Waals surface area contributed by atoms with Gasteiger partial charge in [0.05, 0.1) is 0 Å². The molecule has 0 spiro atoms. The smallest absolute Gasteiger partial charge is 0.0475 e. The number of nitrogens with zero attached hydrogens (tertiary/aromatic N) is 2. The normalized spacial score (nSPS) is 23.5. The van der Waals surface area contributed by atoms with Crippen molar-refractivity contribution >= 4 is 11.6 Å². The van der Waals surface area contributed by atoms with E-state index in [4.69, 9.17) is 17.4 Å². The fraction of sp³-hybridized carbons (Fsp3) is 0.571. The molecule has 2 rings (SSSR count). The van der Waals surface area contributed by atoms with Crippen LogP contribution >= 0.6 is 11.6 Å². The summed E-state index contributed by atoms with van der Waals surface area (Å²) in [5.41, 5.74) is 4.07. The molecule has 19 heavy (non-hydrogen) atoms. The van der Waals surface area contributed by atoms with Gasteiger partial charge in [-0.1, -0.05) is 23.7 Å². The summed E-state index contributed by atoms with van der Waals surface area (Å²) in [4.78, 5) is 4.78. The molecule has 1 aliphatic heterocycles. The van der Waals surface area contributed by atoms with Gasteiger partial charge in [-0.05, 0) is 38.2 Å². The van der Waals surface area contributed by atoms with Crippen LogP contribution in [0.25, 0.3) is 0 Å². The van der Waals surface area contributed by atoms with Crippen LogP contribution in [-0.4, -0.2) is 49.6 Å². The second-order valence-corrected chi connectivity index (χ2v) is 5.84. The monoisotopic (exact) mass is 282 g/mol. The number of likely N-dealkylation sites (N-methyl/N-ethyl adjacent to an activating group) is 2. The number of hydrazine groups is 1. The van der Waals surface area contributed by atoms with Gasteiger partial charge in [0.1, 0.15) is 0 Å². The maximum atomic E-state index is 6.05. The van der Waals surface area contributed by atoms with Crippen molar-refractivity contribution in [3.8, 4) is 0 Å². The summed E-state index contributed by atoms with van der Waals surface area (Å²) in [6, 6.07) is 8.57. The van der Waals surface area contributed by atoms with Crippen molar-refractivity contribution in [2.75, 3.05) is 33.7 Å². The Morgan fingerprint density at radius 1 is 1.42 bits per heavy atom. The van der Waals surface area contributed by atoms with Gasteiger partial charge in [-0.3, -0.25) is 11.3 Å². The number of hydrogen-bond acceptors (Lipinski definition) is 4. The van der Waals surface area contributed by atoms with E-state index in [1.807, 2.05) is 18.2 Å². The number of hydrogen-bond donors (Lipinski definition) is 2. The van der Waals surface area contributed by atoms with Crippen LogP contribution in [0.4, 0.5) is 0 Å². The van der Waals surface area contributed by atoms with Crippen LogP contribution in [0, 0.1) is 0 Å². The minimum absolute atomic E-state index is 0.137. The Bertz CT molecular complexity index is 412. The zero-order valence-electron chi connectivity index (χ0n) is 11.6. The third-order valence-electron chi connectivity index (χ3n) is 3.94. The molecule has 2 unspecified atom stereocenters. The summed E-state index contributed by atoms with van der Waals surface area (Å²) in [5.74, 6) is 5.73. The topological polar surface area (TPSA) is 44.5 Å². The van der Waals surface area contributed by atoms with Crippen molar-refractivity contribution in [1.82, 2.24) is 15.2 Å². The summed E-state index contributed by atoms with van der Waals surface area (Å²) in [7, 11) is 4.35. The first kappa shape index (κ1) is 14.8. The molecular weight excluding hydrogens is 260 g/mol. The molecular formula is C14H23ClN4. The predicted octanol–water partition coefficient (Wildman–Crippen LogP) is 1.48. The van der Waals surface area contributed by atoms with E-state index >= 15 is 0 Å². The minimum Gasteiger partial charge on any atom is -0.304 e. The Labute approximate surface area is 120 Å². The van der Waals surface area contributed by atoms with Gasteiger partial charge in [0, 0.05) is 36.7 Å². The molecule has 0 radical (unpaired) electrons. The third-order valence-corrected chi connectivity index (χ3v) is 4.18. The first-order valence-electron chi connectivity index (χ1n) is 6.70. The summed E-state index contributed by atoms with van der Waals surface area (Å²) in [6.07, 6.45) is 0.984. The molecule has 4 nitrogen and oxygen atoms in total. The standard InChI is InChI=1S/C14H23ClN4/c1-18-6-7-19(2)13(10-18)9-14(17-16)11-4-3-5-12(15)8-11/h3-5,8,13-14,17H,6-7,9-10,16H2,1-2H3. The molecule has 1 heterocycles. The molecule has 106 valence electrons. The van der Waals surface area contributed by atoms with E-state index in [0.29, 0.717) is 6.04 Å². The molecule has 0 saturated carbocycles. The molecule has 3 N–H and O–H groups in total. The lowest BCUT2D eigenvalue weighted by Crippen LogP contribution is -2.51. The van der Waals surface area contributed by atoms with E-state index < -0.39 is 0 Å². The summed E-state index contributed by atoms with van der Waals surface area (Å²) < 4.78 is 0. The fourth-order valence-corrected chi connectivity index (χ4v) is 2.85. The quantitative estimate of drug-likeness (QED) is 0.649. The van der Waals surface area contributed by atoms with Crippen molar-refractivity contribution in [2.45, 2.75) is 18.5 Å². The molecule has 0 bridgehead atoms. The van der Waals surface area contributed by atoms with Crippen molar-refractivity contribution in [3.05, 3.63) is 34.9 Å². The fourth-order valence-electron chi connectivity index (χ4n) is 2.65. The molecule has 1 aromatic carbocycles. The summed E-state index contributed by atoms with van der Waals surface area (Å²) >= 11 is 6.05. The van der Waals surface area contributed by atoms with Gasteiger partial charge in [-0.25, -0.2) is 0 Å². The van der Waals surface area contributed by atoms with Gasteiger partial charge in [0.2, 0.25) is 0 Å². The molecule has 0 aromatic heterocycles. The molecule has 5 heteroatoms. The Morgan fingerprint density at radius 2 is 2.21 bits per heavy atom. The van der Waals surface area contributed by atoms with E-state index in [-0.39, 0.29) is 6.04 Å². The van der Waals surface area contributed by atoms with Crippen LogP contribution in [0.1, 0.15) is 18.0 Å². The lowest BCUT2D eigenvalue weighted by atomic mass is 9.98. The van der Waals surface area contributed by atoms with Crippen molar-refractivity contribution in [1.29, 1.82) is 0 Å². The van der Waals surface area contributed by atoms with Crippen molar-refractivity contribution in [3.63, 3.8) is 0 Å². The number of halogens is 1. The zero-order chi connectivity index (χ0) is 13.8. The second kappa shape index (κ2) is 6.68. The van der Waals surface area contributed by atoms with Crippen LogP contribution in [0.15, 0.2) is 24.3 Å². The van der Waals surface area contributed by atoms with Gasteiger partial charge in [-0.2, -0.15) is 0 Å². The van der Waals surface area contributed by atoms with Crippen molar-refractivity contribution < 1.29 is 0 Å². The molecule has 1 saturated heterocycles. The second-order valence-electron chi connectivity index (χ2n) is 5.41. The van der Waals surface area contributed by atoms with Crippen LogP contribution in [0.2, 0.25) is 5.02 Å². The Hall–Kier alpha value is -0.650. The highest BCUT2D eigenvalue weighted by Gasteiger charge is 2.25. The summed E-state index contributed by atoms with van der Waals surface area (Å²) in [5, 5.41) is 0.756. The Morgan fingerprint density at radius 3 is 2.89 bits per heavy atom. The minimum atomic E-state index is 0.137. The van der Waals surface area contributed by atoms with Crippen molar-refractivity contribution in [2.24, 2.45) is 5.84 Å². The highest BCUT2D eigenvalue weighted by Crippen LogP contribution is 2.23. The lowest BCUT2D eigenvalue weighted by molar-refractivity contribution is 0.101. The number of nitrogens with one attached hydrogen (secondary N) is 1. The van der Waals surface area contributed by atoms with Crippen LogP contribution in [0.3, 0.4) is 0 Å². The number of piperazine rings is 1. The number of benzene rings is 1. The van der Waals surface area contributed by atoms with E-state index in [2.05, 4.69) is 35.4 Å². The predicted molar refractivity (Wildman–Crippen MR) is 80.0 cm³/mol.